The summed E-state index contributed by atoms with van der Waals surface area (Å²) in [4.78, 5) is 26.0. The summed E-state index contributed by atoms with van der Waals surface area (Å²) in [5.41, 5.74) is 21.0. The Morgan fingerprint density at radius 1 is 0.340 bits per heavy atom. The predicted octanol–water partition coefficient (Wildman–Crippen LogP) is 18.1. The third-order valence-electron chi connectivity index (χ3n) is 19.5. The fourth-order valence-corrected chi connectivity index (χ4v) is 14.3. The van der Waals surface area contributed by atoms with Gasteiger partial charge in [0.05, 0.1) is 2.74 Å². The summed E-state index contributed by atoms with van der Waals surface area (Å²) in [5.74, 6) is 0. The molecule has 16 rings (SSSR count). The Morgan fingerprint density at radius 2 is 0.640 bits per heavy atom. The largest absolute Gasteiger partial charge is 0.344 e. The number of pyridine rings is 4. The fourth-order valence-electron chi connectivity index (χ4n) is 14.3. The lowest BCUT2D eigenvalue weighted by molar-refractivity contribution is 0.309. The molecular weight excluding hydrogens is 1230 g/mol. The molecule has 0 fully saturated rings. The van der Waals surface area contributed by atoms with Crippen LogP contribution in [0, 0.1) is 55.0 Å². The molecule has 0 saturated carbocycles. The Labute approximate surface area is 626 Å². The number of likely N-dealkylation sites (N-methyl/N-ethyl adjacent to an activating group) is 4. The van der Waals surface area contributed by atoms with Gasteiger partial charge in [-0.2, -0.15) is 0 Å². The number of nitrogens with zero attached hydrogens (tertiary/aromatic N) is 12. The van der Waals surface area contributed by atoms with E-state index in [1.807, 2.05) is 93.2 Å². The van der Waals surface area contributed by atoms with Crippen molar-refractivity contribution in [1.82, 2.24) is 57.8 Å². The van der Waals surface area contributed by atoms with Crippen molar-refractivity contribution in [3.63, 3.8) is 0 Å². The lowest BCUT2D eigenvalue weighted by Gasteiger charge is -2.24. The molecular formula is C88H116N12. The third kappa shape index (κ3) is 16.9. The van der Waals surface area contributed by atoms with Crippen LogP contribution in [0.5, 0.6) is 0 Å². The molecule has 4 aliphatic heterocycles. The average Bonchev–Trinajstić information content (AvgIpc) is 1.59. The van der Waals surface area contributed by atoms with Gasteiger partial charge in [0.25, 0.3) is 0 Å². The van der Waals surface area contributed by atoms with Gasteiger partial charge in [-0.3, -0.25) is 19.9 Å². The van der Waals surface area contributed by atoms with Crippen LogP contribution in [0.2, 0.25) is 0 Å². The standard InChI is InChI=1S/4C21H25N3.4CH4/c4*1-15-4-7-20-18(12-15)19-14-23(3)10-9-21(19)24(20)11-8-17-6-5-16(2)22-13-17;;;;/h4*4-7,12-13H,8-11,14H2,1-3H3;4*1H4/i1D3,11D2;1D3,8D2;1D3,2D3;1D3;;;;. The van der Waals surface area contributed by atoms with Crippen LogP contribution in [0.25, 0.3) is 43.6 Å². The zero-order chi connectivity index (χ0) is 82.8. The molecule has 0 atom stereocenters. The number of aryl methyl sites for hydroxylation is 16. The highest BCUT2D eigenvalue weighted by Crippen LogP contribution is 2.36. The van der Waals surface area contributed by atoms with Gasteiger partial charge >= 0.3 is 0 Å². The first-order chi connectivity index (χ1) is 54.0. The van der Waals surface area contributed by atoms with E-state index in [1.165, 1.54) is 28.1 Å². The van der Waals surface area contributed by atoms with Gasteiger partial charge in [0.1, 0.15) is 0 Å². The van der Waals surface area contributed by atoms with Crippen molar-refractivity contribution < 1.29 is 26.0 Å². The number of benzene rings is 4. The van der Waals surface area contributed by atoms with Crippen LogP contribution < -0.4 is 0 Å². The summed E-state index contributed by atoms with van der Waals surface area (Å²) in [6, 6.07) is 36.4. The SMILES string of the molecule is C.C.C.C.[2H]C([2H])([2H])c1ccc2c(c1)c1c(n2C([2H])([2H])Cc2ccc(C)nc2)CCN(C)C1.[2H]C([2H])([2H])c1ccc2c(c1)c1c(n2CC([2H])([2H])c2ccc(C)nc2)CCN(C)C1.[2H]C([2H])([2H])c1ccc2c(c1)c1c(n2CCc2ccc(C([2H])([2H])[2H])nc2)CCN(C)C1.[2H]C([2H])([2H])c1ccc2c(c1)c1c(n2CCc2ccc(C)nc2)CCN(C)C1. The maximum Gasteiger partial charge on any atom is 0.0501 e. The van der Waals surface area contributed by atoms with Crippen LogP contribution in [0.3, 0.4) is 0 Å². The van der Waals surface area contributed by atoms with Crippen LogP contribution in [0.15, 0.2) is 146 Å². The molecule has 0 aliphatic carbocycles. The summed E-state index contributed by atoms with van der Waals surface area (Å²) in [7, 11) is 8.29. The molecule has 0 N–H and O–H groups in total. The van der Waals surface area contributed by atoms with E-state index in [1.54, 1.807) is 77.8 Å². The van der Waals surface area contributed by atoms with Gasteiger partial charge < -0.3 is 37.9 Å². The second-order valence-corrected chi connectivity index (χ2v) is 26.7. The Bertz CT molecular complexity index is 5490. The Morgan fingerprint density at radius 3 is 0.960 bits per heavy atom. The molecule has 0 amide bonds. The van der Waals surface area contributed by atoms with Crippen molar-refractivity contribution in [2.75, 3.05) is 54.4 Å². The van der Waals surface area contributed by atoms with E-state index in [0.717, 1.165) is 192 Å². The summed E-state index contributed by atoms with van der Waals surface area (Å²) < 4.78 is 159. The Kier molecular flexibility index (Phi) is 17.8. The second-order valence-electron chi connectivity index (χ2n) is 26.7. The molecule has 0 saturated heterocycles. The van der Waals surface area contributed by atoms with Gasteiger partial charge in [0.2, 0.25) is 0 Å². The first-order valence-electron chi connectivity index (χ1n) is 43.1. The van der Waals surface area contributed by atoms with Crippen LogP contribution in [0.1, 0.15) is 168 Å². The average molecular weight is 1360 g/mol. The molecule has 0 radical (unpaired) electrons. The van der Waals surface area contributed by atoms with E-state index >= 15 is 0 Å². The van der Waals surface area contributed by atoms with E-state index in [-0.39, 0.29) is 48.4 Å². The highest BCUT2D eigenvalue weighted by Gasteiger charge is 2.27. The normalized spacial score (nSPS) is 18.1. The first-order valence-corrected chi connectivity index (χ1v) is 33.6. The van der Waals surface area contributed by atoms with E-state index in [0.29, 0.717) is 34.4 Å². The lowest BCUT2D eigenvalue weighted by atomic mass is 10.0. The minimum absolute atomic E-state index is 0. The van der Waals surface area contributed by atoms with E-state index < -0.39 is 47.1 Å². The van der Waals surface area contributed by atoms with Crippen molar-refractivity contribution in [3.8, 4) is 0 Å². The summed E-state index contributed by atoms with van der Waals surface area (Å²) >= 11 is 0. The molecule has 12 heterocycles. The zero-order valence-electron chi connectivity index (χ0n) is 75.5. The van der Waals surface area contributed by atoms with Gasteiger partial charge in [0, 0.05) is 241 Å². The first kappa shape index (κ1) is 53.4. The van der Waals surface area contributed by atoms with Crippen molar-refractivity contribution in [1.29, 1.82) is 0 Å². The quantitative estimate of drug-likeness (QED) is 0.120. The Balaban J connectivity index is 0.000000179. The molecule has 12 heteroatoms. The number of hydrogen-bond donors (Lipinski definition) is 0. The van der Waals surface area contributed by atoms with Crippen molar-refractivity contribution >= 4 is 43.6 Å². The minimum Gasteiger partial charge on any atom is -0.344 e. The number of hydrogen-bond acceptors (Lipinski definition) is 8. The third-order valence-corrected chi connectivity index (χ3v) is 19.5. The van der Waals surface area contributed by atoms with Gasteiger partial charge in [-0.25, -0.2) is 0 Å². The summed E-state index contributed by atoms with van der Waals surface area (Å²) in [5, 5.41) is 3.86. The van der Waals surface area contributed by atoms with Crippen molar-refractivity contribution in [2.24, 2.45) is 0 Å². The molecule has 8 aromatic heterocycles. The summed E-state index contributed by atoms with van der Waals surface area (Å²) in [6.45, 7) is 2.01. The molecule has 0 bridgehead atoms. The van der Waals surface area contributed by atoms with Gasteiger partial charge in [-0.1, -0.05) is 100 Å². The van der Waals surface area contributed by atoms with E-state index in [4.69, 9.17) is 26.0 Å². The monoisotopic (exact) mass is 1360 g/mol. The predicted molar refractivity (Wildman–Crippen MR) is 424 cm³/mol. The maximum absolute atomic E-state index is 8.90. The fraction of sp³-hybridized carbons (Fsp3) is 0.409. The molecule has 0 spiro atoms. The van der Waals surface area contributed by atoms with E-state index in [9.17, 15) is 0 Å². The zero-order valence-corrected chi connectivity index (χ0v) is 56.5. The van der Waals surface area contributed by atoms with Gasteiger partial charge in [-0.15, -0.1) is 0 Å². The van der Waals surface area contributed by atoms with Crippen molar-refractivity contribution in [3.05, 3.63) is 258 Å². The number of aromatic nitrogens is 8. The van der Waals surface area contributed by atoms with Crippen LogP contribution >= 0.6 is 0 Å². The van der Waals surface area contributed by atoms with Crippen LogP contribution in [-0.2, 0) is 104 Å². The second kappa shape index (κ2) is 33.3. The lowest BCUT2D eigenvalue weighted by Crippen LogP contribution is -2.27. The van der Waals surface area contributed by atoms with E-state index in [2.05, 4.69) is 81.9 Å². The highest BCUT2D eigenvalue weighted by molar-refractivity contribution is 5.89. The maximum atomic E-state index is 8.90. The molecule has 12 aromatic rings. The molecule has 0 unspecified atom stereocenters. The smallest absolute Gasteiger partial charge is 0.0501 e. The minimum atomic E-state index is -2.19. The molecule has 4 aromatic carbocycles. The molecule has 4 aliphatic rings. The van der Waals surface area contributed by atoms with Crippen molar-refractivity contribution in [2.45, 2.75) is 188 Å². The highest BCUT2D eigenvalue weighted by atomic mass is 15.1. The molecule has 528 valence electrons. The number of rotatable bonds is 12. The molecule has 12 nitrogen and oxygen atoms in total. The molecule has 100 heavy (non-hydrogen) atoms. The summed E-state index contributed by atoms with van der Waals surface area (Å²) in [6.07, 6.45) is 10.6. The topological polar surface area (TPSA) is 84.2 Å². The van der Waals surface area contributed by atoms with Crippen LogP contribution in [0.4, 0.5) is 0 Å². The van der Waals surface area contributed by atoms with Crippen LogP contribution in [-0.4, -0.2) is 112 Å². The van der Waals surface area contributed by atoms with Gasteiger partial charge in [0.15, 0.2) is 0 Å². The van der Waals surface area contributed by atoms with Gasteiger partial charge in [-0.05, 0) is 226 Å². The Hall–Kier alpha value is -8.52. The number of fused-ring (bicyclic) bond motifs is 12.